The van der Waals surface area contributed by atoms with Crippen molar-refractivity contribution in [2.45, 2.75) is 71.5 Å². The molecule has 0 aliphatic carbocycles. The van der Waals surface area contributed by atoms with Crippen molar-refractivity contribution in [1.82, 2.24) is 0 Å². The molecule has 0 spiro atoms. The molecular formula is C19H31Br. The summed E-state index contributed by atoms with van der Waals surface area (Å²) < 4.78 is 0. The summed E-state index contributed by atoms with van der Waals surface area (Å²) in [6.07, 6.45) is 6.27. The minimum absolute atomic E-state index is 0.427. The van der Waals surface area contributed by atoms with E-state index in [0.717, 1.165) is 5.92 Å². The Balaban J connectivity index is 2.52. The fourth-order valence-corrected chi connectivity index (χ4v) is 3.84. The third kappa shape index (κ3) is 6.92. The lowest BCUT2D eigenvalue weighted by Crippen LogP contribution is -2.12. The first-order valence-corrected chi connectivity index (χ1v) is 8.96. The molecule has 0 fully saturated rings. The molecule has 0 saturated carbocycles. The lowest BCUT2D eigenvalue weighted by molar-refractivity contribution is 0.296. The summed E-state index contributed by atoms with van der Waals surface area (Å²) in [5, 5.41) is 0. The van der Waals surface area contributed by atoms with Gasteiger partial charge in [-0.1, -0.05) is 81.2 Å². The number of alkyl halides is 1. The Kier molecular flexibility index (Phi) is 7.29. The Morgan fingerprint density at radius 1 is 1.10 bits per heavy atom. The van der Waals surface area contributed by atoms with Crippen molar-refractivity contribution in [2.75, 3.05) is 0 Å². The maximum absolute atomic E-state index is 3.87. The monoisotopic (exact) mass is 338 g/mol. The highest BCUT2D eigenvalue weighted by molar-refractivity contribution is 9.09. The number of halogens is 1. The Morgan fingerprint density at radius 2 is 1.70 bits per heavy atom. The third-order valence-corrected chi connectivity index (χ3v) is 4.63. The van der Waals surface area contributed by atoms with Crippen LogP contribution in [0.1, 0.15) is 76.3 Å². The summed E-state index contributed by atoms with van der Waals surface area (Å²) in [5.74, 6) is 0.749. The SMILES string of the molecule is CCCCc1ccc(C(Br)CC(C)CC(C)(C)C)cc1. The Morgan fingerprint density at radius 3 is 2.20 bits per heavy atom. The van der Waals surface area contributed by atoms with Crippen LogP contribution in [-0.4, -0.2) is 0 Å². The van der Waals surface area contributed by atoms with Crippen molar-refractivity contribution in [3.05, 3.63) is 35.4 Å². The maximum Gasteiger partial charge on any atom is 0.0397 e. The zero-order valence-electron chi connectivity index (χ0n) is 13.9. The summed E-state index contributed by atoms with van der Waals surface area (Å²) in [7, 11) is 0. The predicted octanol–water partition coefficient (Wildman–Crippen LogP) is 6.93. The van der Waals surface area contributed by atoms with Gasteiger partial charge in [-0.2, -0.15) is 0 Å². The smallest absolute Gasteiger partial charge is 0.0397 e. The number of aryl methyl sites for hydroxylation is 1. The van der Waals surface area contributed by atoms with Crippen molar-refractivity contribution in [3.63, 3.8) is 0 Å². The second-order valence-electron chi connectivity index (χ2n) is 7.42. The van der Waals surface area contributed by atoms with Crippen LogP contribution in [0.5, 0.6) is 0 Å². The normalized spacial score (nSPS) is 15.1. The van der Waals surface area contributed by atoms with Gasteiger partial charge in [-0.15, -0.1) is 0 Å². The minimum Gasteiger partial charge on any atom is -0.0839 e. The number of benzene rings is 1. The molecule has 0 saturated heterocycles. The quantitative estimate of drug-likeness (QED) is 0.473. The van der Waals surface area contributed by atoms with E-state index in [1.54, 1.807) is 0 Å². The van der Waals surface area contributed by atoms with E-state index in [1.165, 1.54) is 43.2 Å². The van der Waals surface area contributed by atoms with Crippen LogP contribution in [-0.2, 0) is 6.42 Å². The van der Waals surface area contributed by atoms with E-state index in [0.29, 0.717) is 10.2 Å². The van der Waals surface area contributed by atoms with Gasteiger partial charge in [-0.3, -0.25) is 0 Å². The van der Waals surface area contributed by atoms with Crippen LogP contribution in [0.3, 0.4) is 0 Å². The van der Waals surface area contributed by atoms with Crippen molar-refractivity contribution in [2.24, 2.45) is 11.3 Å². The van der Waals surface area contributed by atoms with E-state index in [4.69, 9.17) is 0 Å². The van der Waals surface area contributed by atoms with Gasteiger partial charge >= 0.3 is 0 Å². The first-order valence-electron chi connectivity index (χ1n) is 8.04. The van der Waals surface area contributed by atoms with Crippen molar-refractivity contribution in [3.8, 4) is 0 Å². The molecule has 0 heterocycles. The minimum atomic E-state index is 0.427. The highest BCUT2D eigenvalue weighted by atomic mass is 79.9. The molecule has 0 nitrogen and oxygen atoms in total. The summed E-state index contributed by atoms with van der Waals surface area (Å²) in [5.41, 5.74) is 3.32. The lowest BCUT2D eigenvalue weighted by atomic mass is 9.83. The Labute approximate surface area is 134 Å². The maximum atomic E-state index is 3.87. The molecule has 2 atom stereocenters. The molecule has 0 radical (unpaired) electrons. The molecule has 2 unspecified atom stereocenters. The van der Waals surface area contributed by atoms with Gasteiger partial charge in [0.15, 0.2) is 0 Å². The molecule has 0 N–H and O–H groups in total. The highest BCUT2D eigenvalue weighted by Crippen LogP contribution is 2.34. The fraction of sp³-hybridized carbons (Fsp3) is 0.684. The number of rotatable bonds is 7. The van der Waals surface area contributed by atoms with Gasteiger partial charge in [0.05, 0.1) is 0 Å². The molecule has 20 heavy (non-hydrogen) atoms. The van der Waals surface area contributed by atoms with Gasteiger partial charge < -0.3 is 0 Å². The van der Waals surface area contributed by atoms with Crippen LogP contribution in [0.2, 0.25) is 0 Å². The number of hydrogen-bond donors (Lipinski definition) is 0. The second-order valence-corrected chi connectivity index (χ2v) is 8.52. The van der Waals surface area contributed by atoms with E-state index in [1.807, 2.05) is 0 Å². The molecule has 0 aliphatic rings. The van der Waals surface area contributed by atoms with Crippen molar-refractivity contribution < 1.29 is 0 Å². The van der Waals surface area contributed by atoms with Gasteiger partial charge in [0.2, 0.25) is 0 Å². The largest absolute Gasteiger partial charge is 0.0839 e. The van der Waals surface area contributed by atoms with E-state index in [-0.39, 0.29) is 0 Å². The fourth-order valence-electron chi connectivity index (χ4n) is 2.89. The van der Waals surface area contributed by atoms with E-state index in [2.05, 4.69) is 74.8 Å². The standard InChI is InChI=1S/C19H31Br/c1-6-7-8-16-9-11-17(12-10-16)18(20)13-15(2)14-19(3,4)5/h9-12,15,18H,6-8,13-14H2,1-5H3. The molecule has 0 aromatic heterocycles. The lowest BCUT2D eigenvalue weighted by Gasteiger charge is -2.25. The van der Waals surface area contributed by atoms with Crippen molar-refractivity contribution in [1.29, 1.82) is 0 Å². The van der Waals surface area contributed by atoms with Gasteiger partial charge in [0, 0.05) is 4.83 Å². The van der Waals surface area contributed by atoms with Crippen LogP contribution in [0.25, 0.3) is 0 Å². The average Bonchev–Trinajstić information content (AvgIpc) is 2.34. The molecular weight excluding hydrogens is 308 g/mol. The molecule has 1 aromatic carbocycles. The zero-order chi connectivity index (χ0) is 15.2. The second kappa shape index (κ2) is 8.22. The Hall–Kier alpha value is -0.300. The topological polar surface area (TPSA) is 0 Å². The summed E-state index contributed by atoms with van der Waals surface area (Å²) in [4.78, 5) is 0.486. The van der Waals surface area contributed by atoms with Gasteiger partial charge in [0.1, 0.15) is 0 Å². The van der Waals surface area contributed by atoms with Gasteiger partial charge in [-0.25, -0.2) is 0 Å². The van der Waals surface area contributed by atoms with Gasteiger partial charge in [0.25, 0.3) is 0 Å². The van der Waals surface area contributed by atoms with Gasteiger partial charge in [-0.05, 0) is 48.1 Å². The third-order valence-electron chi connectivity index (χ3n) is 3.73. The van der Waals surface area contributed by atoms with E-state index in [9.17, 15) is 0 Å². The average molecular weight is 339 g/mol. The Bertz CT molecular complexity index is 372. The summed E-state index contributed by atoms with van der Waals surface area (Å²) >= 11 is 3.87. The van der Waals surface area contributed by atoms with E-state index >= 15 is 0 Å². The van der Waals surface area contributed by atoms with Crippen LogP contribution in [0, 0.1) is 11.3 Å². The molecule has 0 bridgehead atoms. The molecule has 0 amide bonds. The van der Waals surface area contributed by atoms with Crippen molar-refractivity contribution >= 4 is 15.9 Å². The first-order chi connectivity index (χ1) is 9.31. The zero-order valence-corrected chi connectivity index (χ0v) is 15.5. The highest BCUT2D eigenvalue weighted by Gasteiger charge is 2.18. The molecule has 1 heteroatoms. The van der Waals surface area contributed by atoms with Crippen LogP contribution < -0.4 is 0 Å². The van der Waals surface area contributed by atoms with Crippen LogP contribution >= 0.6 is 15.9 Å². The first kappa shape index (κ1) is 17.8. The van der Waals surface area contributed by atoms with Crippen LogP contribution in [0.15, 0.2) is 24.3 Å². The predicted molar refractivity (Wildman–Crippen MR) is 94.6 cm³/mol. The summed E-state index contributed by atoms with van der Waals surface area (Å²) in [6, 6.07) is 9.20. The summed E-state index contributed by atoms with van der Waals surface area (Å²) in [6.45, 7) is 11.6. The molecule has 1 aromatic rings. The molecule has 1 rings (SSSR count). The number of hydrogen-bond acceptors (Lipinski definition) is 0. The van der Waals surface area contributed by atoms with Crippen LogP contribution in [0.4, 0.5) is 0 Å². The number of unbranched alkanes of at least 4 members (excludes halogenated alkanes) is 1. The van der Waals surface area contributed by atoms with E-state index < -0.39 is 0 Å². The molecule has 0 aliphatic heterocycles. The molecule has 114 valence electrons.